The third-order valence-electron chi connectivity index (χ3n) is 5.00. The first kappa shape index (κ1) is 27.9. The average Bonchev–Trinajstić information content (AvgIpc) is 2.74. The highest BCUT2D eigenvalue weighted by atomic mass is 35.5. The molecule has 34 heavy (non-hydrogen) atoms. The van der Waals surface area contributed by atoms with Crippen molar-refractivity contribution in [2.24, 2.45) is 5.92 Å². The number of hydrogen-bond acceptors (Lipinski definition) is 4. The molecule has 0 aliphatic heterocycles. The van der Waals surface area contributed by atoms with Gasteiger partial charge in [-0.15, -0.1) is 0 Å². The van der Waals surface area contributed by atoms with Crippen LogP contribution in [0.5, 0.6) is 0 Å². The Morgan fingerprint density at radius 2 is 1.68 bits per heavy atom. The number of sulfonamides is 1. The van der Waals surface area contributed by atoms with Crippen LogP contribution in [0.25, 0.3) is 0 Å². The van der Waals surface area contributed by atoms with Crippen LogP contribution in [0.3, 0.4) is 0 Å². The van der Waals surface area contributed by atoms with Gasteiger partial charge >= 0.3 is 0 Å². The maximum absolute atomic E-state index is 13.4. The zero-order valence-corrected chi connectivity index (χ0v) is 21.7. The smallest absolute Gasteiger partial charge is 0.244 e. The summed E-state index contributed by atoms with van der Waals surface area (Å²) in [5.74, 6) is -1.36. The van der Waals surface area contributed by atoms with Gasteiger partial charge in [0.15, 0.2) is 0 Å². The van der Waals surface area contributed by atoms with Crippen molar-refractivity contribution in [1.29, 1.82) is 0 Å². The minimum Gasteiger partial charge on any atom is -0.354 e. The molecule has 7 nitrogen and oxygen atoms in total. The quantitative estimate of drug-likeness (QED) is 0.500. The summed E-state index contributed by atoms with van der Waals surface area (Å²) in [5.41, 5.74) is 0.661. The number of anilines is 1. The lowest BCUT2D eigenvalue weighted by molar-refractivity contribution is -0.139. The van der Waals surface area contributed by atoms with Crippen molar-refractivity contribution in [3.05, 3.63) is 63.9 Å². The zero-order chi connectivity index (χ0) is 25.6. The monoisotopic (exact) mass is 531 g/mol. The van der Waals surface area contributed by atoms with Gasteiger partial charge in [-0.1, -0.05) is 43.1 Å². The minimum atomic E-state index is -3.89. The van der Waals surface area contributed by atoms with Crippen LogP contribution in [0.4, 0.5) is 10.1 Å². The van der Waals surface area contributed by atoms with Gasteiger partial charge in [-0.25, -0.2) is 12.8 Å². The van der Waals surface area contributed by atoms with E-state index in [0.29, 0.717) is 22.2 Å². The van der Waals surface area contributed by atoms with Gasteiger partial charge in [0.25, 0.3) is 0 Å². The molecule has 0 bridgehead atoms. The third-order valence-corrected chi connectivity index (χ3v) is 6.73. The fraction of sp³-hybridized carbons (Fsp3) is 0.391. The molecule has 0 aromatic heterocycles. The maximum atomic E-state index is 13.4. The summed E-state index contributed by atoms with van der Waals surface area (Å²) < 4.78 is 39.1. The number of carbonyl (C=O) groups is 2. The largest absolute Gasteiger partial charge is 0.354 e. The average molecular weight is 532 g/mol. The van der Waals surface area contributed by atoms with E-state index in [9.17, 15) is 22.4 Å². The number of nitrogens with zero attached hydrogens (tertiary/aromatic N) is 2. The van der Waals surface area contributed by atoms with Crippen molar-refractivity contribution in [2.75, 3.05) is 23.7 Å². The van der Waals surface area contributed by atoms with Crippen LogP contribution in [-0.2, 0) is 26.2 Å². The molecule has 1 unspecified atom stereocenters. The van der Waals surface area contributed by atoms with Gasteiger partial charge < -0.3 is 10.2 Å². The van der Waals surface area contributed by atoms with Gasteiger partial charge in [0.1, 0.15) is 18.4 Å². The second-order valence-electron chi connectivity index (χ2n) is 8.32. The van der Waals surface area contributed by atoms with E-state index >= 15 is 0 Å². The topological polar surface area (TPSA) is 86.8 Å². The Balaban J connectivity index is 2.39. The van der Waals surface area contributed by atoms with Crippen LogP contribution in [0.15, 0.2) is 42.5 Å². The molecular formula is C23H28Cl2FN3O4S. The standard InChI is InChI=1S/C23H28Cl2FN3O4S/c1-15(2)12-27-23(31)16(3)28(13-17-5-6-18(24)11-21(17)25)22(30)14-29(34(4,32)33)20-9-7-19(26)8-10-20/h5-11,15-16H,12-14H2,1-4H3,(H,27,31). The van der Waals surface area contributed by atoms with Crippen LogP contribution in [0, 0.1) is 11.7 Å². The fourth-order valence-electron chi connectivity index (χ4n) is 3.09. The lowest BCUT2D eigenvalue weighted by Gasteiger charge is -2.31. The van der Waals surface area contributed by atoms with Gasteiger partial charge in [-0.3, -0.25) is 13.9 Å². The van der Waals surface area contributed by atoms with E-state index in [0.717, 1.165) is 22.7 Å². The van der Waals surface area contributed by atoms with Crippen LogP contribution in [0.1, 0.15) is 26.3 Å². The summed E-state index contributed by atoms with van der Waals surface area (Å²) in [4.78, 5) is 27.4. The first-order valence-corrected chi connectivity index (χ1v) is 13.1. The number of hydrogen-bond donors (Lipinski definition) is 1. The Kier molecular flexibility index (Phi) is 9.73. The van der Waals surface area contributed by atoms with E-state index in [1.54, 1.807) is 19.1 Å². The second-order valence-corrected chi connectivity index (χ2v) is 11.1. The molecule has 186 valence electrons. The van der Waals surface area contributed by atoms with Gasteiger partial charge in [-0.2, -0.15) is 0 Å². The summed E-state index contributed by atoms with van der Waals surface area (Å²) >= 11 is 12.3. The molecule has 2 aromatic rings. The Bertz CT molecular complexity index is 1130. The lowest BCUT2D eigenvalue weighted by Crippen LogP contribution is -2.51. The summed E-state index contributed by atoms with van der Waals surface area (Å²) in [5, 5.41) is 3.50. The molecule has 2 rings (SSSR count). The first-order chi connectivity index (χ1) is 15.8. The molecule has 0 aliphatic rings. The highest BCUT2D eigenvalue weighted by Crippen LogP contribution is 2.24. The van der Waals surface area contributed by atoms with Crippen LogP contribution in [0.2, 0.25) is 10.0 Å². The number of halogens is 3. The molecular weight excluding hydrogens is 504 g/mol. The van der Waals surface area contributed by atoms with Crippen molar-refractivity contribution in [1.82, 2.24) is 10.2 Å². The van der Waals surface area contributed by atoms with Gasteiger partial charge in [0.05, 0.1) is 11.9 Å². The van der Waals surface area contributed by atoms with E-state index in [4.69, 9.17) is 23.2 Å². The number of benzene rings is 2. The number of nitrogens with one attached hydrogen (secondary N) is 1. The van der Waals surface area contributed by atoms with E-state index in [-0.39, 0.29) is 24.1 Å². The van der Waals surface area contributed by atoms with Crippen molar-refractivity contribution in [3.63, 3.8) is 0 Å². The molecule has 11 heteroatoms. The van der Waals surface area contributed by atoms with Crippen molar-refractivity contribution < 1.29 is 22.4 Å². The van der Waals surface area contributed by atoms with E-state index < -0.39 is 34.3 Å². The molecule has 0 heterocycles. The molecule has 1 atom stereocenters. The maximum Gasteiger partial charge on any atom is 0.244 e. The zero-order valence-electron chi connectivity index (χ0n) is 19.4. The van der Waals surface area contributed by atoms with Crippen LogP contribution < -0.4 is 9.62 Å². The molecule has 0 radical (unpaired) electrons. The van der Waals surface area contributed by atoms with Crippen molar-refractivity contribution >= 4 is 50.7 Å². The first-order valence-electron chi connectivity index (χ1n) is 10.5. The van der Waals surface area contributed by atoms with Crippen molar-refractivity contribution in [3.8, 4) is 0 Å². The molecule has 0 saturated carbocycles. The van der Waals surface area contributed by atoms with Gasteiger partial charge in [0, 0.05) is 23.1 Å². The number of carbonyl (C=O) groups excluding carboxylic acids is 2. The Morgan fingerprint density at radius 1 is 1.06 bits per heavy atom. The number of amides is 2. The summed E-state index contributed by atoms with van der Waals surface area (Å²) in [7, 11) is -3.89. The third kappa shape index (κ3) is 7.85. The molecule has 0 aliphatic carbocycles. The lowest BCUT2D eigenvalue weighted by atomic mass is 10.1. The van der Waals surface area contributed by atoms with Crippen LogP contribution >= 0.6 is 23.2 Å². The highest BCUT2D eigenvalue weighted by Gasteiger charge is 2.30. The van der Waals surface area contributed by atoms with Crippen molar-refractivity contribution in [2.45, 2.75) is 33.4 Å². The summed E-state index contributed by atoms with van der Waals surface area (Å²) in [6.45, 7) is 5.21. The predicted molar refractivity (Wildman–Crippen MR) is 133 cm³/mol. The Labute approximate surface area is 209 Å². The molecule has 0 fully saturated rings. The Morgan fingerprint density at radius 3 is 2.21 bits per heavy atom. The SMILES string of the molecule is CC(C)CNC(=O)C(C)N(Cc1ccc(Cl)cc1Cl)C(=O)CN(c1ccc(F)cc1)S(C)(=O)=O. The molecule has 0 saturated heterocycles. The summed E-state index contributed by atoms with van der Waals surface area (Å²) in [6.07, 6.45) is 0.947. The molecule has 1 N–H and O–H groups in total. The summed E-state index contributed by atoms with van der Waals surface area (Å²) in [6, 6.07) is 8.58. The number of rotatable bonds is 10. The van der Waals surface area contributed by atoms with Gasteiger partial charge in [-0.05, 0) is 54.8 Å². The van der Waals surface area contributed by atoms with Gasteiger partial charge in [0.2, 0.25) is 21.8 Å². The van der Waals surface area contributed by atoms with E-state index in [2.05, 4.69) is 5.32 Å². The van der Waals surface area contributed by atoms with Crippen LogP contribution in [-0.4, -0.2) is 50.5 Å². The fourth-order valence-corrected chi connectivity index (χ4v) is 4.41. The van der Waals surface area contributed by atoms with E-state index in [1.165, 1.54) is 23.1 Å². The second kappa shape index (κ2) is 11.9. The van der Waals surface area contributed by atoms with E-state index in [1.807, 2.05) is 13.8 Å². The Hall–Kier alpha value is -2.36. The highest BCUT2D eigenvalue weighted by molar-refractivity contribution is 7.92. The molecule has 2 aromatic carbocycles. The normalized spacial score (nSPS) is 12.4. The minimum absolute atomic E-state index is 0.0495. The molecule has 2 amide bonds. The predicted octanol–water partition coefficient (Wildman–Crippen LogP) is 4.09. The molecule has 0 spiro atoms.